The van der Waals surface area contributed by atoms with Gasteiger partial charge in [-0.3, -0.25) is 4.79 Å². The predicted octanol–water partition coefficient (Wildman–Crippen LogP) is 2.94. The number of halogens is 2. The maximum absolute atomic E-state index is 13.2. The number of methoxy groups -OCH3 is 1. The van der Waals surface area contributed by atoms with Crippen LogP contribution in [0, 0.1) is 5.82 Å². The first-order valence-corrected chi connectivity index (χ1v) is 5.32. The minimum Gasteiger partial charge on any atom is -0.492 e. The Labute approximate surface area is 90.4 Å². The van der Waals surface area contributed by atoms with E-state index in [0.29, 0.717) is 4.90 Å². The molecule has 1 rings (SSSR count). The van der Waals surface area contributed by atoms with E-state index < -0.39 is 11.1 Å². The Balaban J connectivity index is 3.40. The van der Waals surface area contributed by atoms with Gasteiger partial charge >= 0.3 is 0 Å². The Morgan fingerprint density at radius 2 is 2.21 bits per heavy atom. The summed E-state index contributed by atoms with van der Waals surface area (Å²) < 4.78 is 18.0. The minimum absolute atomic E-state index is 0.0593. The largest absolute Gasteiger partial charge is 0.492 e. The molecule has 0 fully saturated rings. The van der Waals surface area contributed by atoms with Crippen LogP contribution in [0.15, 0.2) is 17.0 Å². The third-order valence-corrected chi connectivity index (χ3v) is 2.70. The smallest absolute Gasteiger partial charge is 0.253 e. The Morgan fingerprint density at radius 3 is 2.64 bits per heavy atom. The van der Waals surface area contributed by atoms with Crippen molar-refractivity contribution in [2.45, 2.75) is 4.90 Å². The molecule has 76 valence electrons. The summed E-state index contributed by atoms with van der Waals surface area (Å²) in [7, 11) is 1.35. The zero-order chi connectivity index (χ0) is 10.7. The molecule has 0 atom stereocenters. The summed E-state index contributed by atoms with van der Waals surface area (Å²) in [5.41, 5.74) is 0.261. The summed E-state index contributed by atoms with van der Waals surface area (Å²) in [5, 5.41) is -0.618. The fourth-order valence-corrected chi connectivity index (χ4v) is 2.05. The van der Waals surface area contributed by atoms with Gasteiger partial charge < -0.3 is 4.74 Å². The van der Waals surface area contributed by atoms with E-state index in [-0.39, 0.29) is 11.3 Å². The minimum atomic E-state index is -0.618. The lowest BCUT2D eigenvalue weighted by Crippen LogP contribution is -1.98. The van der Waals surface area contributed by atoms with Gasteiger partial charge in [0, 0.05) is 0 Å². The summed E-state index contributed by atoms with van der Waals surface area (Å²) in [5.74, 6) is -0.442. The number of hydrogen-bond donors (Lipinski definition) is 0. The first-order chi connectivity index (χ1) is 6.61. The van der Waals surface area contributed by atoms with Crippen LogP contribution in [0.4, 0.5) is 4.39 Å². The van der Waals surface area contributed by atoms with E-state index in [2.05, 4.69) is 0 Å². The highest BCUT2D eigenvalue weighted by Crippen LogP contribution is 2.34. The topological polar surface area (TPSA) is 26.3 Å². The van der Waals surface area contributed by atoms with Crippen LogP contribution in [0.5, 0.6) is 5.75 Å². The third kappa shape index (κ3) is 2.01. The van der Waals surface area contributed by atoms with E-state index >= 15 is 0 Å². The molecule has 0 N–H and O–H groups in total. The average Bonchev–Trinajstić information content (AvgIpc) is 2.16. The maximum atomic E-state index is 13.2. The molecule has 2 nitrogen and oxygen atoms in total. The first-order valence-electron chi connectivity index (χ1n) is 3.72. The molecule has 1 aromatic rings. The lowest BCUT2D eigenvalue weighted by molar-refractivity contribution is 0.107. The lowest BCUT2D eigenvalue weighted by atomic mass is 10.2. The number of benzene rings is 1. The summed E-state index contributed by atoms with van der Waals surface area (Å²) in [6, 6.07) is 2.51. The van der Waals surface area contributed by atoms with Crippen molar-refractivity contribution in [3.05, 3.63) is 23.5 Å². The number of carbonyl (C=O) groups is 1. The van der Waals surface area contributed by atoms with Crippen molar-refractivity contribution in [1.82, 2.24) is 0 Å². The van der Waals surface area contributed by atoms with Gasteiger partial charge in [0.25, 0.3) is 5.24 Å². The van der Waals surface area contributed by atoms with Gasteiger partial charge in [-0.25, -0.2) is 4.39 Å². The molecule has 0 radical (unpaired) electrons. The highest BCUT2D eigenvalue weighted by Gasteiger charge is 2.16. The molecule has 1 aromatic carbocycles. The Hall–Kier alpha value is -0.740. The average molecular weight is 235 g/mol. The van der Waals surface area contributed by atoms with Gasteiger partial charge in [-0.1, -0.05) is 0 Å². The number of carbonyl (C=O) groups excluding carboxylic acids is 1. The van der Waals surface area contributed by atoms with Crippen molar-refractivity contribution < 1.29 is 13.9 Å². The van der Waals surface area contributed by atoms with Gasteiger partial charge in [-0.15, -0.1) is 11.8 Å². The molecule has 0 aliphatic carbocycles. The van der Waals surface area contributed by atoms with Crippen LogP contribution in [0.1, 0.15) is 10.4 Å². The van der Waals surface area contributed by atoms with Gasteiger partial charge in [0.1, 0.15) is 0 Å². The molecule has 0 bridgehead atoms. The van der Waals surface area contributed by atoms with E-state index in [1.54, 1.807) is 6.26 Å². The molecule has 14 heavy (non-hydrogen) atoms. The molecular weight excluding hydrogens is 227 g/mol. The summed E-state index contributed by atoms with van der Waals surface area (Å²) >= 11 is 6.56. The second kappa shape index (κ2) is 4.66. The van der Waals surface area contributed by atoms with Crippen molar-refractivity contribution in [2.24, 2.45) is 0 Å². The highest BCUT2D eigenvalue weighted by atomic mass is 35.5. The van der Waals surface area contributed by atoms with Gasteiger partial charge in [0.2, 0.25) is 0 Å². The quantitative estimate of drug-likeness (QED) is 0.594. The molecule has 0 aliphatic heterocycles. The van der Waals surface area contributed by atoms with Crippen molar-refractivity contribution >= 4 is 28.6 Å². The molecule has 0 spiro atoms. The number of hydrogen-bond acceptors (Lipinski definition) is 3. The standard InChI is InChI=1S/C9H8ClFO2S/c1-13-7-6(11)4-3-5(9(10)12)8(7)14-2/h3-4H,1-2H3. The molecular formula is C9H8ClFO2S. The summed E-state index contributed by atoms with van der Waals surface area (Å²) in [6.07, 6.45) is 1.72. The van der Waals surface area contributed by atoms with Gasteiger partial charge in [-0.2, -0.15) is 0 Å². The normalized spacial score (nSPS) is 10.0. The molecule has 0 aromatic heterocycles. The summed E-state index contributed by atoms with van der Waals surface area (Å²) in [6.45, 7) is 0. The Kier molecular flexibility index (Phi) is 3.77. The van der Waals surface area contributed by atoms with Gasteiger partial charge in [-0.05, 0) is 30.0 Å². The van der Waals surface area contributed by atoms with Gasteiger partial charge in [0.05, 0.1) is 17.6 Å². The molecule has 0 amide bonds. The molecule has 0 aliphatic rings. The van der Waals surface area contributed by atoms with Crippen molar-refractivity contribution in [2.75, 3.05) is 13.4 Å². The monoisotopic (exact) mass is 234 g/mol. The molecule has 0 saturated carbocycles. The SMILES string of the molecule is COc1c(F)ccc(C(=O)Cl)c1SC. The fourth-order valence-electron chi connectivity index (χ4n) is 1.09. The molecule has 0 saturated heterocycles. The maximum Gasteiger partial charge on any atom is 0.253 e. The fraction of sp³-hybridized carbons (Fsp3) is 0.222. The van der Waals surface area contributed by atoms with Crippen LogP contribution >= 0.6 is 23.4 Å². The molecule has 0 heterocycles. The first kappa shape index (κ1) is 11.3. The second-order valence-electron chi connectivity index (χ2n) is 2.44. The van der Waals surface area contributed by atoms with Crippen molar-refractivity contribution in [3.63, 3.8) is 0 Å². The van der Waals surface area contributed by atoms with E-state index in [1.165, 1.54) is 24.9 Å². The van der Waals surface area contributed by atoms with Crippen LogP contribution in [0.3, 0.4) is 0 Å². The van der Waals surface area contributed by atoms with Crippen molar-refractivity contribution in [1.29, 1.82) is 0 Å². The Bertz CT molecular complexity index is 368. The van der Waals surface area contributed by atoms with Crippen LogP contribution in [0.2, 0.25) is 0 Å². The molecule has 0 unspecified atom stereocenters. The Morgan fingerprint density at radius 1 is 1.57 bits per heavy atom. The number of thioether (sulfide) groups is 1. The van der Waals surface area contributed by atoms with Crippen LogP contribution in [-0.4, -0.2) is 18.6 Å². The third-order valence-electron chi connectivity index (χ3n) is 1.68. The van der Waals surface area contributed by atoms with E-state index in [0.717, 1.165) is 6.07 Å². The molecule has 5 heteroatoms. The zero-order valence-corrected chi connectivity index (χ0v) is 9.21. The van der Waals surface area contributed by atoms with Gasteiger partial charge in [0.15, 0.2) is 11.6 Å². The number of rotatable bonds is 3. The van der Waals surface area contributed by atoms with E-state index in [9.17, 15) is 9.18 Å². The van der Waals surface area contributed by atoms with Crippen molar-refractivity contribution in [3.8, 4) is 5.75 Å². The van der Waals surface area contributed by atoms with E-state index in [4.69, 9.17) is 16.3 Å². The second-order valence-corrected chi connectivity index (χ2v) is 3.59. The zero-order valence-electron chi connectivity index (χ0n) is 7.64. The van der Waals surface area contributed by atoms with E-state index in [1.807, 2.05) is 0 Å². The predicted molar refractivity (Wildman–Crippen MR) is 54.9 cm³/mol. The van der Waals surface area contributed by atoms with Crippen LogP contribution < -0.4 is 4.74 Å². The number of ether oxygens (including phenoxy) is 1. The van der Waals surface area contributed by atoms with Crippen LogP contribution in [-0.2, 0) is 0 Å². The lowest BCUT2D eigenvalue weighted by Gasteiger charge is -2.09. The highest BCUT2D eigenvalue weighted by molar-refractivity contribution is 7.98. The summed E-state index contributed by atoms with van der Waals surface area (Å²) in [4.78, 5) is 11.4. The van der Waals surface area contributed by atoms with Crippen LogP contribution in [0.25, 0.3) is 0 Å².